The molecule has 0 N–H and O–H groups in total. The maximum absolute atomic E-state index is 11.4. The third-order valence-electron chi connectivity index (χ3n) is 2.59. The van der Waals surface area contributed by atoms with Crippen LogP contribution in [0.5, 0.6) is 0 Å². The largest absolute Gasteiger partial charge is 0.296 e. The van der Waals surface area contributed by atoms with Crippen LogP contribution in [-0.2, 0) is 0 Å². The zero-order valence-electron chi connectivity index (χ0n) is 9.68. The van der Waals surface area contributed by atoms with Crippen molar-refractivity contribution >= 4 is 6.29 Å². The average molecular weight is 228 g/mol. The summed E-state index contributed by atoms with van der Waals surface area (Å²) in [5.74, 6) is 0. The Morgan fingerprint density at radius 3 is 2.59 bits per heavy atom. The number of aryl methyl sites for hydroxylation is 2. The van der Waals surface area contributed by atoms with Gasteiger partial charge < -0.3 is 0 Å². The predicted molar refractivity (Wildman–Crippen MR) is 64.7 cm³/mol. The molecular weight excluding hydrogens is 216 g/mol. The van der Waals surface area contributed by atoms with Gasteiger partial charge in [-0.1, -0.05) is 18.2 Å². The second-order valence-corrected chi connectivity index (χ2v) is 3.85. The lowest BCUT2D eigenvalue weighted by Crippen LogP contribution is -2.18. The third-order valence-corrected chi connectivity index (χ3v) is 2.59. The predicted octanol–water partition coefficient (Wildman–Crippen LogP) is 1.66. The van der Waals surface area contributed by atoms with Gasteiger partial charge in [0, 0.05) is 11.8 Å². The average Bonchev–Trinajstić information content (AvgIpc) is 2.31. The van der Waals surface area contributed by atoms with Crippen molar-refractivity contribution in [2.45, 2.75) is 13.8 Å². The summed E-state index contributed by atoms with van der Waals surface area (Å²) in [6.07, 6.45) is 0.483. The van der Waals surface area contributed by atoms with E-state index in [1.54, 1.807) is 11.6 Å². The SMILES string of the molecule is Cc1ccccc1-n1nc(C=O)c(=O)cc1C. The van der Waals surface area contributed by atoms with Gasteiger partial charge in [0.2, 0.25) is 5.43 Å². The lowest BCUT2D eigenvalue weighted by Gasteiger charge is -2.11. The third kappa shape index (κ3) is 2.01. The first-order chi connectivity index (χ1) is 8.13. The molecule has 0 spiro atoms. The van der Waals surface area contributed by atoms with E-state index in [-0.39, 0.29) is 11.1 Å². The Hall–Kier alpha value is -2.23. The van der Waals surface area contributed by atoms with Gasteiger partial charge in [0.15, 0.2) is 12.0 Å². The van der Waals surface area contributed by atoms with Crippen LogP contribution < -0.4 is 5.43 Å². The van der Waals surface area contributed by atoms with E-state index in [4.69, 9.17) is 0 Å². The number of nitrogens with zero attached hydrogens (tertiary/aromatic N) is 2. The highest BCUT2D eigenvalue weighted by Crippen LogP contribution is 2.13. The molecular formula is C13H12N2O2. The van der Waals surface area contributed by atoms with Crippen molar-refractivity contribution in [2.24, 2.45) is 0 Å². The summed E-state index contributed by atoms with van der Waals surface area (Å²) in [7, 11) is 0. The molecule has 0 saturated carbocycles. The van der Waals surface area contributed by atoms with Crippen LogP contribution in [0.3, 0.4) is 0 Å². The molecule has 0 amide bonds. The van der Waals surface area contributed by atoms with Gasteiger partial charge in [0.25, 0.3) is 0 Å². The van der Waals surface area contributed by atoms with E-state index in [1.807, 2.05) is 31.2 Å². The molecule has 0 saturated heterocycles. The molecule has 86 valence electrons. The van der Waals surface area contributed by atoms with Crippen molar-refractivity contribution in [3.63, 3.8) is 0 Å². The van der Waals surface area contributed by atoms with Crippen LogP contribution in [-0.4, -0.2) is 16.1 Å². The fourth-order valence-electron chi connectivity index (χ4n) is 1.69. The molecule has 2 aromatic rings. The Balaban J connectivity index is 2.72. The van der Waals surface area contributed by atoms with Crippen molar-refractivity contribution in [3.05, 3.63) is 57.5 Å². The molecule has 0 atom stereocenters. The van der Waals surface area contributed by atoms with Gasteiger partial charge in [-0.2, -0.15) is 5.10 Å². The van der Waals surface area contributed by atoms with Crippen LogP contribution in [0.15, 0.2) is 35.1 Å². The number of carbonyl (C=O) groups excluding carboxylic acids is 1. The van der Waals surface area contributed by atoms with E-state index in [9.17, 15) is 9.59 Å². The minimum atomic E-state index is -0.345. The summed E-state index contributed by atoms with van der Waals surface area (Å²) in [5.41, 5.74) is 2.19. The number of hydrogen-bond donors (Lipinski definition) is 0. The Kier molecular flexibility index (Phi) is 2.87. The molecule has 0 radical (unpaired) electrons. The molecule has 4 heteroatoms. The fourth-order valence-corrected chi connectivity index (χ4v) is 1.69. The molecule has 0 aliphatic rings. The van der Waals surface area contributed by atoms with Crippen LogP contribution in [0.2, 0.25) is 0 Å². The molecule has 0 bridgehead atoms. The monoisotopic (exact) mass is 228 g/mol. The number of para-hydroxylation sites is 1. The molecule has 4 nitrogen and oxygen atoms in total. The van der Waals surface area contributed by atoms with Gasteiger partial charge in [-0.3, -0.25) is 9.59 Å². The fraction of sp³-hybridized carbons (Fsp3) is 0.154. The second kappa shape index (κ2) is 4.33. The summed E-state index contributed by atoms with van der Waals surface area (Å²) in [6.45, 7) is 3.74. The zero-order chi connectivity index (χ0) is 12.4. The Bertz CT molecular complexity index is 630. The van der Waals surface area contributed by atoms with Crippen molar-refractivity contribution < 1.29 is 4.79 Å². The zero-order valence-corrected chi connectivity index (χ0v) is 9.68. The highest BCUT2D eigenvalue weighted by Gasteiger charge is 2.07. The van der Waals surface area contributed by atoms with Crippen molar-refractivity contribution in [1.82, 2.24) is 9.78 Å². The Morgan fingerprint density at radius 1 is 1.24 bits per heavy atom. The van der Waals surface area contributed by atoms with E-state index in [2.05, 4.69) is 5.10 Å². The van der Waals surface area contributed by atoms with E-state index in [1.165, 1.54) is 6.07 Å². The Labute approximate surface area is 98.5 Å². The number of hydrogen-bond acceptors (Lipinski definition) is 3. The molecule has 2 rings (SSSR count). The topological polar surface area (TPSA) is 52.0 Å². The maximum atomic E-state index is 11.4. The standard InChI is InChI=1S/C13H12N2O2/c1-9-5-3-4-6-12(9)15-10(2)7-13(17)11(8-16)14-15/h3-8H,1-2H3. The summed E-state index contributed by atoms with van der Waals surface area (Å²) >= 11 is 0. The Morgan fingerprint density at radius 2 is 1.94 bits per heavy atom. The summed E-state index contributed by atoms with van der Waals surface area (Å²) in [5, 5.41) is 4.06. The van der Waals surface area contributed by atoms with Crippen LogP contribution in [0, 0.1) is 13.8 Å². The lowest BCUT2D eigenvalue weighted by atomic mass is 10.2. The maximum Gasteiger partial charge on any atom is 0.211 e. The summed E-state index contributed by atoms with van der Waals surface area (Å²) in [4.78, 5) is 22.2. The van der Waals surface area contributed by atoms with Gasteiger partial charge in [0.1, 0.15) is 0 Å². The van der Waals surface area contributed by atoms with Crippen LogP contribution in [0.25, 0.3) is 5.69 Å². The van der Waals surface area contributed by atoms with E-state index in [0.717, 1.165) is 11.3 Å². The second-order valence-electron chi connectivity index (χ2n) is 3.85. The molecule has 0 unspecified atom stereocenters. The van der Waals surface area contributed by atoms with Crippen LogP contribution >= 0.6 is 0 Å². The quantitative estimate of drug-likeness (QED) is 0.734. The molecule has 17 heavy (non-hydrogen) atoms. The first kappa shape index (κ1) is 11.3. The number of carbonyl (C=O) groups is 1. The first-order valence-corrected chi connectivity index (χ1v) is 5.25. The smallest absolute Gasteiger partial charge is 0.211 e. The molecule has 1 aromatic heterocycles. The first-order valence-electron chi connectivity index (χ1n) is 5.25. The van der Waals surface area contributed by atoms with Gasteiger partial charge >= 0.3 is 0 Å². The number of rotatable bonds is 2. The lowest BCUT2D eigenvalue weighted by molar-refractivity contribution is 0.111. The summed E-state index contributed by atoms with van der Waals surface area (Å²) in [6, 6.07) is 9.09. The van der Waals surface area contributed by atoms with E-state index >= 15 is 0 Å². The molecule has 0 aliphatic heterocycles. The highest BCUT2D eigenvalue weighted by molar-refractivity contribution is 5.71. The number of aldehydes is 1. The van der Waals surface area contributed by atoms with Gasteiger partial charge in [-0.25, -0.2) is 4.68 Å². The van der Waals surface area contributed by atoms with Crippen molar-refractivity contribution in [2.75, 3.05) is 0 Å². The highest BCUT2D eigenvalue weighted by atomic mass is 16.1. The minimum Gasteiger partial charge on any atom is -0.296 e. The summed E-state index contributed by atoms with van der Waals surface area (Å²) < 4.78 is 1.61. The normalized spacial score (nSPS) is 10.2. The van der Waals surface area contributed by atoms with E-state index in [0.29, 0.717) is 12.0 Å². The number of aromatic nitrogens is 2. The van der Waals surface area contributed by atoms with E-state index < -0.39 is 0 Å². The molecule has 1 heterocycles. The minimum absolute atomic E-state index is 0.0705. The van der Waals surface area contributed by atoms with Crippen LogP contribution in [0.1, 0.15) is 21.7 Å². The van der Waals surface area contributed by atoms with Gasteiger partial charge in [-0.15, -0.1) is 0 Å². The van der Waals surface area contributed by atoms with Crippen molar-refractivity contribution in [1.29, 1.82) is 0 Å². The van der Waals surface area contributed by atoms with Gasteiger partial charge in [-0.05, 0) is 25.5 Å². The van der Waals surface area contributed by atoms with Crippen molar-refractivity contribution in [3.8, 4) is 5.69 Å². The molecule has 0 fully saturated rings. The molecule has 1 aromatic carbocycles. The van der Waals surface area contributed by atoms with Crippen LogP contribution in [0.4, 0.5) is 0 Å². The van der Waals surface area contributed by atoms with Gasteiger partial charge in [0.05, 0.1) is 5.69 Å². The number of benzene rings is 1. The molecule has 0 aliphatic carbocycles.